The third-order valence-corrected chi connectivity index (χ3v) is 22.5. The van der Waals surface area contributed by atoms with E-state index in [9.17, 15) is 0 Å². The third kappa shape index (κ3) is 5.02. The molecule has 2 heterocycles. The van der Waals surface area contributed by atoms with Crippen LogP contribution in [0.1, 0.15) is 76.9 Å². The molecule has 0 fully saturated rings. The van der Waals surface area contributed by atoms with Gasteiger partial charge in [0.2, 0.25) is 0 Å². The van der Waals surface area contributed by atoms with Crippen LogP contribution in [0.5, 0.6) is 0 Å². The molecule has 5 heteroatoms. The Morgan fingerprint density at radius 3 is 1.36 bits per heavy atom. The van der Waals surface area contributed by atoms with Gasteiger partial charge in [0.15, 0.2) is 0 Å². The molecular formula is C42H36Cl2P2Zr. The van der Waals surface area contributed by atoms with Gasteiger partial charge < -0.3 is 24.8 Å². The normalized spacial score (nSPS) is 19.8. The van der Waals surface area contributed by atoms with Gasteiger partial charge in [0.25, 0.3) is 0 Å². The zero-order valence-corrected chi connectivity index (χ0v) is 32.1. The van der Waals surface area contributed by atoms with Gasteiger partial charge in [-0.05, 0) is 0 Å². The topological polar surface area (TPSA) is 0 Å². The molecular weight excluding hydrogens is 729 g/mol. The van der Waals surface area contributed by atoms with Gasteiger partial charge in [-0.2, -0.15) is 0 Å². The molecule has 2 aromatic heterocycles. The summed E-state index contributed by atoms with van der Waals surface area (Å²) in [5.41, 5.74) is 9.75. The number of rotatable bonds is 4. The summed E-state index contributed by atoms with van der Waals surface area (Å²) >= 11 is -1.04. The van der Waals surface area contributed by atoms with Crippen LogP contribution in [-0.2, 0) is 48.9 Å². The Hall–Kier alpha value is -2.10. The maximum atomic E-state index is 2.69. The smallest absolute Gasteiger partial charge is 1.00 e. The number of aryl methyl sites for hydroxylation is 2. The maximum Gasteiger partial charge on any atom is -1.00 e. The Labute approximate surface area is 304 Å². The standard InChI is InChI=1S/2C21H18P.2ClH.Zr/c2*1-2-8-16-14-17(13-15(16)7-1)22-20-11-5-3-9-18(20)19-10-4-6-12-21(19)22;;;/h2*1-3,5,7-9,11,13-14H,4,6,10,12H2;2*1H;/q;;;;+2/p-2. The largest absolute Gasteiger partial charge is 1.00 e. The molecule has 0 aliphatic heterocycles. The van der Waals surface area contributed by atoms with E-state index < -0.39 is 38.3 Å². The maximum absolute atomic E-state index is 2.69. The van der Waals surface area contributed by atoms with Gasteiger partial charge in [0, 0.05) is 0 Å². The first-order valence-corrected chi connectivity index (χ1v) is 22.5. The van der Waals surface area contributed by atoms with E-state index in [2.05, 4.69) is 109 Å². The second-order valence-corrected chi connectivity index (χ2v) is 21.5. The minimum Gasteiger partial charge on any atom is -1.00 e. The van der Waals surface area contributed by atoms with Crippen molar-refractivity contribution in [3.8, 4) is 0 Å². The predicted octanol–water partition coefficient (Wildman–Crippen LogP) is 6.62. The summed E-state index contributed by atoms with van der Waals surface area (Å²) in [5.74, 6) is 0. The zero-order valence-electron chi connectivity index (χ0n) is 26.4. The van der Waals surface area contributed by atoms with Crippen LogP contribution < -0.4 is 24.8 Å². The molecule has 0 radical (unpaired) electrons. The predicted molar refractivity (Wildman–Crippen MR) is 193 cm³/mol. The SMILES string of the molecule is C1=C(p2c3c(c4ccccc42)CCCC3)[CH]([Zr+2][CH]2C(p3c4c(c5ccccc53)CCCC4)=Cc3ccccc32)c2ccccc21.[Cl-].[Cl-]. The summed E-state index contributed by atoms with van der Waals surface area (Å²) in [6.07, 6.45) is 16.0. The first-order chi connectivity index (χ1) is 22.3. The Morgan fingerprint density at radius 1 is 0.468 bits per heavy atom. The van der Waals surface area contributed by atoms with Crippen molar-refractivity contribution in [2.45, 2.75) is 58.6 Å². The molecule has 6 aromatic rings. The summed E-state index contributed by atoms with van der Waals surface area (Å²) in [6.45, 7) is 0. The number of halogens is 2. The Kier molecular flexibility index (Phi) is 8.87. The molecule has 4 atom stereocenters. The first-order valence-electron chi connectivity index (χ1n) is 17.0. The van der Waals surface area contributed by atoms with E-state index >= 15 is 0 Å². The van der Waals surface area contributed by atoms with E-state index in [4.69, 9.17) is 0 Å². The molecule has 4 unspecified atom stereocenters. The molecule has 0 spiro atoms. The molecule has 0 N–H and O–H groups in total. The van der Waals surface area contributed by atoms with Gasteiger partial charge in [-0.1, -0.05) is 0 Å². The molecule has 4 aromatic carbocycles. The fraction of sp³-hybridized carbons (Fsp3) is 0.238. The van der Waals surface area contributed by atoms with E-state index in [1.807, 2.05) is 10.6 Å². The van der Waals surface area contributed by atoms with Crippen molar-refractivity contribution in [3.05, 3.63) is 141 Å². The van der Waals surface area contributed by atoms with Gasteiger partial charge in [0.1, 0.15) is 0 Å². The van der Waals surface area contributed by atoms with E-state index in [-0.39, 0.29) is 24.8 Å². The molecule has 0 nitrogen and oxygen atoms in total. The first kappa shape index (κ1) is 32.1. The van der Waals surface area contributed by atoms with E-state index in [0.29, 0.717) is 7.25 Å². The van der Waals surface area contributed by atoms with E-state index in [1.165, 1.54) is 62.5 Å². The number of benzene rings is 4. The van der Waals surface area contributed by atoms with Crippen molar-refractivity contribution in [2.75, 3.05) is 0 Å². The van der Waals surface area contributed by atoms with E-state index in [0.717, 1.165) is 0 Å². The fourth-order valence-electron chi connectivity index (χ4n) is 9.10. The van der Waals surface area contributed by atoms with E-state index in [1.54, 1.807) is 53.9 Å². The average Bonchev–Trinajstić information content (AvgIpc) is 3.83. The monoisotopic (exact) mass is 762 g/mol. The summed E-state index contributed by atoms with van der Waals surface area (Å²) in [5, 5.41) is 13.8. The number of allylic oxidation sites excluding steroid dienone is 2. The van der Waals surface area contributed by atoms with Crippen molar-refractivity contribution >= 4 is 58.9 Å². The summed E-state index contributed by atoms with van der Waals surface area (Å²) in [4.78, 5) is 0. The van der Waals surface area contributed by atoms with Crippen LogP contribution in [0.2, 0.25) is 0 Å². The van der Waals surface area contributed by atoms with Crippen LogP contribution in [-0.4, -0.2) is 0 Å². The molecule has 0 amide bonds. The second kappa shape index (κ2) is 13.0. The molecule has 232 valence electrons. The van der Waals surface area contributed by atoms with Gasteiger partial charge in [-0.3, -0.25) is 0 Å². The Balaban J connectivity index is 0.00000162. The minimum absolute atomic E-state index is 0. The van der Waals surface area contributed by atoms with Crippen LogP contribution in [0, 0.1) is 0 Å². The number of hydrogen-bond acceptors (Lipinski definition) is 0. The molecule has 47 heavy (non-hydrogen) atoms. The van der Waals surface area contributed by atoms with Crippen LogP contribution >= 0.6 is 15.1 Å². The second-order valence-electron chi connectivity index (χ2n) is 13.4. The third-order valence-electron chi connectivity index (χ3n) is 11.0. The zero-order chi connectivity index (χ0) is 29.5. The summed E-state index contributed by atoms with van der Waals surface area (Å²) in [6, 6.07) is 38.1. The van der Waals surface area contributed by atoms with Crippen molar-refractivity contribution in [1.82, 2.24) is 0 Å². The summed E-state index contributed by atoms with van der Waals surface area (Å²) in [7, 11) is -0.825. The molecule has 4 aliphatic rings. The molecule has 10 rings (SSSR count). The van der Waals surface area contributed by atoms with Crippen molar-refractivity contribution in [1.29, 1.82) is 0 Å². The van der Waals surface area contributed by atoms with Crippen LogP contribution in [0.15, 0.2) is 97.1 Å². The number of hydrogen-bond donors (Lipinski definition) is 0. The van der Waals surface area contributed by atoms with Gasteiger partial charge in [0.05, 0.1) is 0 Å². The molecule has 4 aliphatic carbocycles. The van der Waals surface area contributed by atoms with Crippen LogP contribution in [0.25, 0.3) is 43.8 Å². The van der Waals surface area contributed by atoms with Crippen molar-refractivity contribution in [2.24, 2.45) is 0 Å². The Bertz CT molecular complexity index is 2080. The van der Waals surface area contributed by atoms with Gasteiger partial charge in [-0.15, -0.1) is 0 Å². The Morgan fingerprint density at radius 2 is 0.872 bits per heavy atom. The number of fused-ring (bicyclic) bond motifs is 8. The fourth-order valence-corrected chi connectivity index (χ4v) is 22.4. The van der Waals surface area contributed by atoms with Crippen molar-refractivity contribution in [3.63, 3.8) is 0 Å². The molecule has 0 bridgehead atoms. The van der Waals surface area contributed by atoms with Crippen LogP contribution in [0.4, 0.5) is 0 Å². The van der Waals surface area contributed by atoms with Gasteiger partial charge >= 0.3 is 282 Å². The van der Waals surface area contributed by atoms with Crippen molar-refractivity contribution < 1.29 is 48.0 Å². The minimum atomic E-state index is -1.04. The summed E-state index contributed by atoms with van der Waals surface area (Å²) < 4.78 is 1.26. The molecule has 0 saturated heterocycles. The quantitative estimate of drug-likeness (QED) is 0.190. The van der Waals surface area contributed by atoms with Gasteiger partial charge in [-0.25, -0.2) is 0 Å². The molecule has 0 saturated carbocycles. The van der Waals surface area contributed by atoms with Crippen LogP contribution in [0.3, 0.4) is 0 Å². The average molecular weight is 765 g/mol.